The fourth-order valence-electron chi connectivity index (χ4n) is 1.34. The molecule has 0 heterocycles. The number of nitrogens with one attached hydrogen (secondary N) is 2. The van der Waals surface area contributed by atoms with E-state index in [0.29, 0.717) is 0 Å². The smallest absolute Gasteiger partial charge is 0.394 e. The van der Waals surface area contributed by atoms with Crippen LogP contribution in [0.15, 0.2) is 24.3 Å². The Bertz CT molecular complexity index is 476. The molecule has 1 aromatic rings. The molecule has 0 aromatic heterocycles. The maximum atomic E-state index is 12.5. The van der Waals surface area contributed by atoms with Crippen molar-refractivity contribution in [1.82, 2.24) is 5.32 Å². The quantitative estimate of drug-likeness (QED) is 0.638. The molecular weight excluding hydrogens is 293 g/mol. The second-order valence-electron chi connectivity index (χ2n) is 4.53. The zero-order valence-electron chi connectivity index (χ0n) is 10.7. The molecule has 1 aromatic carbocycles. The van der Waals surface area contributed by atoms with E-state index < -0.39 is 17.3 Å². The summed E-state index contributed by atoms with van der Waals surface area (Å²) in [6.45, 7) is 0.759. The van der Waals surface area contributed by atoms with E-state index in [4.69, 9.17) is 22.4 Å². The largest absolute Gasteiger partial charge is 0.416 e. The summed E-state index contributed by atoms with van der Waals surface area (Å²) in [7, 11) is 0. The van der Waals surface area contributed by atoms with Gasteiger partial charge in [-0.3, -0.25) is 0 Å². The molecule has 4 N–H and O–H groups in total. The average molecular weight is 308 g/mol. The van der Waals surface area contributed by atoms with Gasteiger partial charge < -0.3 is 20.8 Å². The molecule has 0 fully saturated rings. The van der Waals surface area contributed by atoms with Crippen LogP contribution in [0.2, 0.25) is 0 Å². The number of hydrogen-bond acceptors (Lipinski definition) is 3. The first-order valence-corrected chi connectivity index (χ1v) is 6.09. The molecule has 0 aliphatic rings. The Labute approximate surface area is 119 Å². The Balaban J connectivity index is 2.77. The molecule has 0 aliphatic carbocycles. The Hall–Kier alpha value is -1.38. The van der Waals surface area contributed by atoms with Crippen LogP contribution in [0.5, 0.6) is 0 Å². The molecule has 0 bridgehead atoms. The van der Waals surface area contributed by atoms with E-state index in [2.05, 4.69) is 10.6 Å². The average Bonchev–Trinajstić information content (AvgIpc) is 2.37. The van der Waals surface area contributed by atoms with Crippen LogP contribution >= 0.6 is 12.2 Å². The SMILES string of the molecule is CC(CO)(CO)NC(=S)Nc1cccc(C(F)(F)F)c1. The van der Waals surface area contributed by atoms with E-state index in [1.807, 2.05) is 0 Å². The van der Waals surface area contributed by atoms with Crippen molar-refractivity contribution in [3.8, 4) is 0 Å². The van der Waals surface area contributed by atoms with Crippen LogP contribution in [0.4, 0.5) is 18.9 Å². The van der Waals surface area contributed by atoms with Crippen LogP contribution in [0.25, 0.3) is 0 Å². The second kappa shape index (κ2) is 6.38. The summed E-state index contributed by atoms with van der Waals surface area (Å²) in [4.78, 5) is 0. The lowest BCUT2D eigenvalue weighted by molar-refractivity contribution is -0.137. The van der Waals surface area contributed by atoms with Crippen LogP contribution in [0.1, 0.15) is 12.5 Å². The van der Waals surface area contributed by atoms with Gasteiger partial charge in [0.05, 0.1) is 24.3 Å². The number of benzene rings is 1. The molecule has 0 saturated carbocycles. The molecule has 0 aliphatic heterocycles. The van der Waals surface area contributed by atoms with Crippen molar-refractivity contribution < 1.29 is 23.4 Å². The highest BCUT2D eigenvalue weighted by atomic mass is 32.1. The molecule has 4 nitrogen and oxygen atoms in total. The number of halogens is 3. The van der Waals surface area contributed by atoms with Gasteiger partial charge in [-0.2, -0.15) is 13.2 Å². The lowest BCUT2D eigenvalue weighted by Gasteiger charge is -2.28. The van der Waals surface area contributed by atoms with Gasteiger partial charge in [0, 0.05) is 5.69 Å². The van der Waals surface area contributed by atoms with Crippen molar-refractivity contribution in [2.75, 3.05) is 18.5 Å². The monoisotopic (exact) mass is 308 g/mol. The lowest BCUT2D eigenvalue weighted by atomic mass is 10.1. The van der Waals surface area contributed by atoms with Gasteiger partial charge in [0.2, 0.25) is 0 Å². The Morgan fingerprint density at radius 2 is 1.85 bits per heavy atom. The van der Waals surface area contributed by atoms with Crippen molar-refractivity contribution in [3.05, 3.63) is 29.8 Å². The molecule has 0 saturated heterocycles. The van der Waals surface area contributed by atoms with E-state index in [1.54, 1.807) is 0 Å². The predicted molar refractivity (Wildman–Crippen MR) is 73.4 cm³/mol. The summed E-state index contributed by atoms with van der Waals surface area (Å²) in [5, 5.41) is 23.4. The number of rotatable bonds is 4. The Morgan fingerprint density at radius 3 is 2.35 bits per heavy atom. The number of anilines is 1. The minimum absolute atomic E-state index is 0.00919. The van der Waals surface area contributed by atoms with Gasteiger partial charge in [0.25, 0.3) is 0 Å². The minimum atomic E-state index is -4.43. The molecule has 1 rings (SSSR count). The predicted octanol–water partition coefficient (Wildman–Crippen LogP) is 1.74. The molecule has 8 heteroatoms. The summed E-state index contributed by atoms with van der Waals surface area (Å²) in [6.07, 6.45) is -4.43. The number of aliphatic hydroxyl groups excluding tert-OH is 2. The molecule has 0 spiro atoms. The van der Waals surface area contributed by atoms with E-state index in [1.165, 1.54) is 19.1 Å². The first-order valence-electron chi connectivity index (χ1n) is 5.68. The van der Waals surface area contributed by atoms with Crippen LogP contribution < -0.4 is 10.6 Å². The van der Waals surface area contributed by atoms with Gasteiger partial charge in [-0.1, -0.05) is 6.07 Å². The van der Waals surface area contributed by atoms with Gasteiger partial charge >= 0.3 is 6.18 Å². The van der Waals surface area contributed by atoms with Gasteiger partial charge in [0.15, 0.2) is 5.11 Å². The third-order valence-corrected chi connectivity index (χ3v) is 2.77. The molecule has 20 heavy (non-hydrogen) atoms. The summed E-state index contributed by atoms with van der Waals surface area (Å²) in [5.41, 5.74) is -1.68. The number of thiocarbonyl (C=S) groups is 1. The van der Waals surface area contributed by atoms with Crippen molar-refractivity contribution >= 4 is 23.0 Å². The van der Waals surface area contributed by atoms with E-state index >= 15 is 0 Å². The zero-order chi connectivity index (χ0) is 15.4. The first-order chi connectivity index (χ1) is 9.20. The topological polar surface area (TPSA) is 64.5 Å². The van der Waals surface area contributed by atoms with Gasteiger partial charge in [-0.25, -0.2) is 0 Å². The highest BCUT2D eigenvalue weighted by molar-refractivity contribution is 7.80. The summed E-state index contributed by atoms with van der Waals surface area (Å²) in [5.74, 6) is 0. The van der Waals surface area contributed by atoms with Crippen LogP contribution in [-0.2, 0) is 6.18 Å². The van der Waals surface area contributed by atoms with Gasteiger partial charge in [0.1, 0.15) is 0 Å². The first kappa shape index (κ1) is 16.7. The minimum Gasteiger partial charge on any atom is -0.394 e. The molecule has 112 valence electrons. The Kier molecular flexibility index (Phi) is 5.32. The van der Waals surface area contributed by atoms with Crippen molar-refractivity contribution in [3.63, 3.8) is 0 Å². The van der Waals surface area contributed by atoms with Gasteiger partial charge in [-0.05, 0) is 37.3 Å². The second-order valence-corrected chi connectivity index (χ2v) is 4.94. The van der Waals surface area contributed by atoms with Crippen molar-refractivity contribution in [2.24, 2.45) is 0 Å². The van der Waals surface area contributed by atoms with Crippen LogP contribution in [-0.4, -0.2) is 34.1 Å². The Morgan fingerprint density at radius 1 is 1.25 bits per heavy atom. The third kappa shape index (κ3) is 4.62. The summed E-state index contributed by atoms with van der Waals surface area (Å²) >= 11 is 4.93. The highest BCUT2D eigenvalue weighted by Crippen LogP contribution is 2.30. The van der Waals surface area contributed by atoms with E-state index in [0.717, 1.165) is 12.1 Å². The lowest BCUT2D eigenvalue weighted by Crippen LogP contribution is -2.53. The maximum absolute atomic E-state index is 12.5. The standard InChI is InChI=1S/C12H15F3N2O2S/c1-11(6-18,7-19)17-10(20)16-9-4-2-3-8(5-9)12(13,14)15/h2-5,18-19H,6-7H2,1H3,(H2,16,17,20). The van der Waals surface area contributed by atoms with Crippen molar-refractivity contribution in [1.29, 1.82) is 0 Å². The van der Waals surface area contributed by atoms with E-state index in [9.17, 15) is 13.2 Å². The molecule has 0 radical (unpaired) electrons. The van der Waals surface area contributed by atoms with Gasteiger partial charge in [-0.15, -0.1) is 0 Å². The highest BCUT2D eigenvalue weighted by Gasteiger charge is 2.30. The van der Waals surface area contributed by atoms with Crippen LogP contribution in [0.3, 0.4) is 0 Å². The molecule has 0 atom stereocenters. The maximum Gasteiger partial charge on any atom is 0.416 e. The zero-order valence-corrected chi connectivity index (χ0v) is 11.5. The van der Waals surface area contributed by atoms with Crippen molar-refractivity contribution in [2.45, 2.75) is 18.6 Å². The fraction of sp³-hybridized carbons (Fsp3) is 0.417. The molecular formula is C12H15F3N2O2S. The number of hydrogen-bond donors (Lipinski definition) is 4. The molecule has 0 unspecified atom stereocenters. The normalized spacial score (nSPS) is 12.1. The fourth-order valence-corrected chi connectivity index (χ4v) is 1.70. The summed E-state index contributed by atoms with van der Waals surface area (Å²) < 4.78 is 37.6. The molecule has 0 amide bonds. The summed E-state index contributed by atoms with van der Waals surface area (Å²) in [6, 6.07) is 4.56. The third-order valence-electron chi connectivity index (χ3n) is 2.56. The van der Waals surface area contributed by atoms with Crippen LogP contribution in [0, 0.1) is 0 Å². The number of alkyl halides is 3. The van der Waals surface area contributed by atoms with E-state index in [-0.39, 0.29) is 24.0 Å². The number of aliphatic hydroxyl groups is 2.